The van der Waals surface area contributed by atoms with Crippen LogP contribution in [0.5, 0.6) is 0 Å². The number of aryl methyl sites for hydroxylation is 2. The van der Waals surface area contributed by atoms with Gasteiger partial charge in [-0.05, 0) is 58.9 Å². The van der Waals surface area contributed by atoms with Crippen molar-refractivity contribution < 1.29 is 5.11 Å². The molecular weight excluding hydrogens is 366 g/mol. The van der Waals surface area contributed by atoms with E-state index in [1.165, 1.54) is 22.3 Å². The molecule has 0 amide bonds. The van der Waals surface area contributed by atoms with Crippen molar-refractivity contribution in [3.8, 4) is 0 Å². The number of benzene rings is 2. The first-order valence-electron chi connectivity index (χ1n) is 10.5. The fourth-order valence-corrected chi connectivity index (χ4v) is 5.76. The SMILES string of the molecule is CC(C)(C)[C@]1(O)CCN2CC3c4ccccc4CCc4cccc(c43)C2C1.Cl. The Morgan fingerprint density at radius 3 is 2.43 bits per heavy atom. The maximum atomic E-state index is 11.5. The largest absolute Gasteiger partial charge is 0.389 e. The molecule has 2 heterocycles. The maximum Gasteiger partial charge on any atom is 0.0726 e. The first-order valence-corrected chi connectivity index (χ1v) is 10.5. The molecule has 0 radical (unpaired) electrons. The summed E-state index contributed by atoms with van der Waals surface area (Å²) in [5.41, 5.74) is 6.94. The third-order valence-electron chi connectivity index (χ3n) is 7.63. The molecule has 5 rings (SSSR count). The van der Waals surface area contributed by atoms with Crippen molar-refractivity contribution in [2.24, 2.45) is 5.41 Å². The fourth-order valence-electron chi connectivity index (χ4n) is 5.76. The van der Waals surface area contributed by atoms with E-state index < -0.39 is 5.60 Å². The lowest BCUT2D eigenvalue weighted by Gasteiger charge is -2.53. The maximum absolute atomic E-state index is 11.5. The van der Waals surface area contributed by atoms with Crippen LogP contribution in [-0.2, 0) is 12.8 Å². The van der Waals surface area contributed by atoms with Crippen molar-refractivity contribution in [1.82, 2.24) is 4.90 Å². The van der Waals surface area contributed by atoms with E-state index in [2.05, 4.69) is 68.1 Å². The van der Waals surface area contributed by atoms with Gasteiger partial charge in [-0.1, -0.05) is 63.2 Å². The molecule has 0 spiro atoms. The number of fused-ring (bicyclic) bond motifs is 4. The number of hydrogen-bond donors (Lipinski definition) is 1. The van der Waals surface area contributed by atoms with Gasteiger partial charge in [-0.25, -0.2) is 0 Å². The third kappa shape index (κ3) is 2.93. The Balaban J connectivity index is 0.00000192. The molecule has 1 fully saturated rings. The van der Waals surface area contributed by atoms with Gasteiger partial charge in [0.1, 0.15) is 0 Å². The van der Waals surface area contributed by atoms with Gasteiger partial charge in [0.25, 0.3) is 0 Å². The minimum absolute atomic E-state index is 0. The Morgan fingerprint density at radius 2 is 1.64 bits per heavy atom. The molecule has 1 aliphatic carbocycles. The van der Waals surface area contributed by atoms with Crippen LogP contribution in [0.15, 0.2) is 42.5 Å². The fraction of sp³-hybridized carbons (Fsp3) is 0.520. The third-order valence-corrected chi connectivity index (χ3v) is 7.63. The monoisotopic (exact) mass is 397 g/mol. The van der Waals surface area contributed by atoms with Gasteiger partial charge in [-0.15, -0.1) is 12.4 Å². The molecule has 0 saturated carbocycles. The average Bonchev–Trinajstić information content (AvgIpc) is 2.80. The highest BCUT2D eigenvalue weighted by atomic mass is 35.5. The lowest BCUT2D eigenvalue weighted by atomic mass is 9.66. The number of hydrogen-bond acceptors (Lipinski definition) is 2. The molecule has 2 nitrogen and oxygen atoms in total. The van der Waals surface area contributed by atoms with Crippen molar-refractivity contribution >= 4 is 12.4 Å². The van der Waals surface area contributed by atoms with Crippen molar-refractivity contribution in [3.05, 3.63) is 70.3 Å². The van der Waals surface area contributed by atoms with Crippen LogP contribution in [0.4, 0.5) is 0 Å². The predicted molar refractivity (Wildman–Crippen MR) is 117 cm³/mol. The highest BCUT2D eigenvalue weighted by Gasteiger charge is 2.49. The number of piperidine rings is 1. The number of nitrogens with zero attached hydrogens (tertiary/aromatic N) is 1. The quantitative estimate of drug-likeness (QED) is 0.654. The van der Waals surface area contributed by atoms with Crippen LogP contribution in [0, 0.1) is 5.41 Å². The standard InChI is InChI=1S/C25H31NO.ClH/c1-24(2,3)25(27)13-14-26-16-21-19-9-5-4-7-17(19)11-12-18-8-6-10-20(23(18)21)22(26)15-25;/h4-10,21-22,27H,11-16H2,1-3H3;1H/t21?,22?,25-;/m0./s1. The zero-order valence-electron chi connectivity index (χ0n) is 17.2. The smallest absolute Gasteiger partial charge is 0.0726 e. The number of halogens is 1. The summed E-state index contributed by atoms with van der Waals surface area (Å²) >= 11 is 0. The zero-order valence-corrected chi connectivity index (χ0v) is 18.1. The van der Waals surface area contributed by atoms with E-state index in [0.717, 1.165) is 38.8 Å². The van der Waals surface area contributed by atoms with Crippen LogP contribution in [-0.4, -0.2) is 28.7 Å². The molecule has 28 heavy (non-hydrogen) atoms. The molecule has 3 heteroatoms. The van der Waals surface area contributed by atoms with E-state index in [1.807, 2.05) is 0 Å². The normalized spacial score (nSPS) is 29.0. The molecule has 2 unspecified atom stereocenters. The predicted octanol–water partition coefficient (Wildman–Crippen LogP) is 5.27. The van der Waals surface area contributed by atoms with E-state index in [0.29, 0.717) is 12.0 Å². The number of rotatable bonds is 0. The summed E-state index contributed by atoms with van der Waals surface area (Å²) in [6.07, 6.45) is 3.99. The van der Waals surface area contributed by atoms with Gasteiger partial charge in [-0.2, -0.15) is 0 Å². The molecule has 3 atom stereocenters. The van der Waals surface area contributed by atoms with Crippen molar-refractivity contribution in [2.75, 3.05) is 13.1 Å². The van der Waals surface area contributed by atoms with Crippen LogP contribution in [0.25, 0.3) is 0 Å². The first kappa shape index (κ1) is 19.9. The lowest BCUT2D eigenvalue weighted by Crippen LogP contribution is -2.55. The van der Waals surface area contributed by atoms with Gasteiger partial charge in [0.05, 0.1) is 5.60 Å². The van der Waals surface area contributed by atoms with Gasteiger partial charge in [0.2, 0.25) is 0 Å². The molecule has 2 aromatic rings. The highest BCUT2D eigenvalue weighted by Crippen LogP contribution is 2.51. The molecule has 0 aromatic heterocycles. The van der Waals surface area contributed by atoms with E-state index >= 15 is 0 Å². The molecule has 1 N–H and O–H groups in total. The van der Waals surface area contributed by atoms with Crippen molar-refractivity contribution in [1.29, 1.82) is 0 Å². The minimum Gasteiger partial charge on any atom is -0.389 e. The van der Waals surface area contributed by atoms with Crippen LogP contribution < -0.4 is 0 Å². The Labute approximate surface area is 175 Å². The summed E-state index contributed by atoms with van der Waals surface area (Å²) in [6, 6.07) is 16.3. The van der Waals surface area contributed by atoms with Gasteiger partial charge >= 0.3 is 0 Å². The lowest BCUT2D eigenvalue weighted by molar-refractivity contribution is -0.119. The van der Waals surface area contributed by atoms with E-state index in [-0.39, 0.29) is 17.8 Å². The van der Waals surface area contributed by atoms with Gasteiger partial charge in [0.15, 0.2) is 0 Å². The molecule has 150 valence electrons. The summed E-state index contributed by atoms with van der Waals surface area (Å²) in [4.78, 5) is 2.65. The molecule has 3 aliphatic rings. The van der Waals surface area contributed by atoms with Crippen molar-refractivity contribution in [3.63, 3.8) is 0 Å². The van der Waals surface area contributed by atoms with E-state index in [1.54, 1.807) is 5.56 Å². The Kier molecular flexibility index (Phi) is 4.89. The topological polar surface area (TPSA) is 23.5 Å². The van der Waals surface area contributed by atoms with Gasteiger partial charge < -0.3 is 5.11 Å². The molecule has 1 saturated heterocycles. The molecule has 2 aromatic carbocycles. The zero-order chi connectivity index (χ0) is 18.8. The second-order valence-corrected chi connectivity index (χ2v) is 9.92. The average molecular weight is 398 g/mol. The summed E-state index contributed by atoms with van der Waals surface area (Å²) in [7, 11) is 0. The molecular formula is C25H32ClNO. The first-order chi connectivity index (χ1) is 12.9. The van der Waals surface area contributed by atoms with E-state index in [4.69, 9.17) is 0 Å². The summed E-state index contributed by atoms with van der Waals surface area (Å²) in [5, 5.41) is 11.5. The summed E-state index contributed by atoms with van der Waals surface area (Å²) in [6.45, 7) is 8.65. The Morgan fingerprint density at radius 1 is 0.964 bits per heavy atom. The van der Waals surface area contributed by atoms with Crippen LogP contribution in [0.2, 0.25) is 0 Å². The Hall–Kier alpha value is -1.35. The Bertz CT molecular complexity index is 886. The molecule has 0 bridgehead atoms. The molecule has 2 aliphatic heterocycles. The van der Waals surface area contributed by atoms with Gasteiger partial charge in [-0.3, -0.25) is 4.90 Å². The van der Waals surface area contributed by atoms with Crippen LogP contribution in [0.1, 0.15) is 73.4 Å². The second-order valence-electron chi connectivity index (χ2n) is 9.92. The van der Waals surface area contributed by atoms with Crippen molar-refractivity contribution in [2.45, 2.75) is 64.0 Å². The highest BCUT2D eigenvalue weighted by molar-refractivity contribution is 5.85. The van der Waals surface area contributed by atoms with Crippen LogP contribution in [0.3, 0.4) is 0 Å². The summed E-state index contributed by atoms with van der Waals surface area (Å²) < 4.78 is 0. The number of aliphatic hydroxyl groups is 1. The van der Waals surface area contributed by atoms with E-state index in [9.17, 15) is 5.11 Å². The van der Waals surface area contributed by atoms with Crippen LogP contribution >= 0.6 is 12.4 Å². The van der Waals surface area contributed by atoms with Gasteiger partial charge in [0, 0.05) is 25.0 Å². The second kappa shape index (κ2) is 6.86. The minimum atomic E-state index is -0.591. The summed E-state index contributed by atoms with van der Waals surface area (Å²) in [5.74, 6) is 0.479.